The minimum atomic E-state index is -0.0815. The van der Waals surface area contributed by atoms with E-state index in [-0.39, 0.29) is 22.9 Å². The van der Waals surface area contributed by atoms with Crippen molar-refractivity contribution in [2.45, 2.75) is 41.0 Å². The Labute approximate surface area is 116 Å². The van der Waals surface area contributed by atoms with E-state index in [4.69, 9.17) is 0 Å². The lowest BCUT2D eigenvalue weighted by molar-refractivity contribution is -0.117. The molecule has 102 valence electrons. The average molecular weight is 268 g/mol. The van der Waals surface area contributed by atoms with Crippen LogP contribution < -0.4 is 0 Å². The number of carbonyl (C=O) groups excluding carboxylic acids is 2. The molecule has 0 N–H and O–H groups in total. The molecular weight excluding hydrogens is 244 g/mol. The number of thiol groups is 1. The van der Waals surface area contributed by atoms with Crippen LogP contribution in [0.5, 0.6) is 0 Å². The minimum Gasteiger partial charge on any atom is -0.295 e. The Balaban J connectivity index is 0.000000873. The summed E-state index contributed by atoms with van der Waals surface area (Å²) < 4.78 is 0. The van der Waals surface area contributed by atoms with Crippen LogP contribution in [0.4, 0.5) is 0 Å². The van der Waals surface area contributed by atoms with Gasteiger partial charge in [0.15, 0.2) is 11.6 Å². The molecule has 0 fully saturated rings. The van der Waals surface area contributed by atoms with Gasteiger partial charge in [-0.2, -0.15) is 12.6 Å². The standard InChI is InChI=1S/C13H18O2.C2H6S/c1-9-7-11(15)8-13(3,4)12(9)6-5-10(2)14;1-2-3/h5-7,12H,8H2,1-4H3;3H,2H2,1H3/b6-5+;. The molecular formula is C15H24O2S. The van der Waals surface area contributed by atoms with E-state index in [1.807, 2.05) is 19.9 Å². The van der Waals surface area contributed by atoms with E-state index in [0.717, 1.165) is 11.3 Å². The van der Waals surface area contributed by atoms with Crippen molar-refractivity contribution >= 4 is 24.2 Å². The van der Waals surface area contributed by atoms with Crippen molar-refractivity contribution in [3.8, 4) is 0 Å². The number of ketones is 2. The maximum absolute atomic E-state index is 11.4. The Morgan fingerprint density at radius 3 is 2.44 bits per heavy atom. The first-order chi connectivity index (χ1) is 8.24. The Bertz CT molecular complexity index is 365. The van der Waals surface area contributed by atoms with Gasteiger partial charge in [-0.1, -0.05) is 32.4 Å². The Morgan fingerprint density at radius 2 is 2.06 bits per heavy atom. The second kappa shape index (κ2) is 7.57. The highest BCUT2D eigenvalue weighted by Gasteiger charge is 2.34. The molecule has 1 aliphatic carbocycles. The van der Waals surface area contributed by atoms with Crippen LogP contribution in [-0.2, 0) is 9.59 Å². The normalized spacial score (nSPS) is 22.2. The molecule has 1 atom stereocenters. The topological polar surface area (TPSA) is 34.1 Å². The van der Waals surface area contributed by atoms with Crippen molar-refractivity contribution in [3.63, 3.8) is 0 Å². The summed E-state index contributed by atoms with van der Waals surface area (Å²) >= 11 is 3.79. The van der Waals surface area contributed by atoms with Gasteiger partial charge in [-0.25, -0.2) is 0 Å². The number of hydrogen-bond donors (Lipinski definition) is 1. The SMILES string of the molecule is CC(=O)/C=C/C1C(C)=CC(=O)CC1(C)C.CCS. The van der Waals surface area contributed by atoms with Crippen LogP contribution in [0.1, 0.15) is 41.0 Å². The zero-order valence-electron chi connectivity index (χ0n) is 12.0. The summed E-state index contributed by atoms with van der Waals surface area (Å²) in [6, 6.07) is 0. The highest BCUT2D eigenvalue weighted by molar-refractivity contribution is 7.80. The van der Waals surface area contributed by atoms with Crippen molar-refractivity contribution in [3.05, 3.63) is 23.8 Å². The van der Waals surface area contributed by atoms with Crippen LogP contribution in [0.2, 0.25) is 0 Å². The summed E-state index contributed by atoms with van der Waals surface area (Å²) in [5.41, 5.74) is 0.968. The number of hydrogen-bond acceptors (Lipinski definition) is 3. The third-order valence-electron chi connectivity index (χ3n) is 2.87. The summed E-state index contributed by atoms with van der Waals surface area (Å²) in [4.78, 5) is 22.3. The molecule has 1 aliphatic rings. The molecule has 0 saturated heterocycles. The third kappa shape index (κ3) is 5.67. The Kier molecular flexibility index (Phi) is 7.22. The van der Waals surface area contributed by atoms with Crippen LogP contribution in [0, 0.1) is 11.3 Å². The summed E-state index contributed by atoms with van der Waals surface area (Å²) in [6.07, 6.45) is 5.76. The highest BCUT2D eigenvalue weighted by atomic mass is 32.1. The lowest BCUT2D eigenvalue weighted by atomic mass is 9.68. The van der Waals surface area contributed by atoms with Gasteiger partial charge < -0.3 is 0 Å². The minimum absolute atomic E-state index is 0.0514. The van der Waals surface area contributed by atoms with E-state index in [1.165, 1.54) is 6.92 Å². The molecule has 0 aliphatic heterocycles. The summed E-state index contributed by atoms with van der Waals surface area (Å²) in [6.45, 7) is 9.61. The Hall–Kier alpha value is -0.830. The zero-order valence-corrected chi connectivity index (χ0v) is 12.9. The number of allylic oxidation sites excluding steroid dienone is 4. The second-order valence-electron chi connectivity index (χ2n) is 5.28. The molecule has 2 nitrogen and oxygen atoms in total. The van der Waals surface area contributed by atoms with Crippen LogP contribution in [0.15, 0.2) is 23.8 Å². The van der Waals surface area contributed by atoms with Crippen molar-refractivity contribution in [1.82, 2.24) is 0 Å². The van der Waals surface area contributed by atoms with E-state index < -0.39 is 0 Å². The monoisotopic (exact) mass is 268 g/mol. The number of carbonyl (C=O) groups is 2. The van der Waals surface area contributed by atoms with Gasteiger partial charge in [0.2, 0.25) is 0 Å². The van der Waals surface area contributed by atoms with Crippen LogP contribution in [0.25, 0.3) is 0 Å². The first kappa shape index (κ1) is 17.2. The molecule has 0 amide bonds. The molecule has 0 aromatic heterocycles. The molecule has 1 rings (SSSR count). The van der Waals surface area contributed by atoms with Crippen molar-refractivity contribution < 1.29 is 9.59 Å². The van der Waals surface area contributed by atoms with Crippen LogP contribution >= 0.6 is 12.6 Å². The predicted octanol–water partition coefficient (Wildman–Crippen LogP) is 3.63. The van der Waals surface area contributed by atoms with Gasteiger partial charge >= 0.3 is 0 Å². The molecule has 0 saturated carbocycles. The fourth-order valence-electron chi connectivity index (χ4n) is 2.21. The quantitative estimate of drug-likeness (QED) is 0.613. The Morgan fingerprint density at radius 1 is 1.56 bits per heavy atom. The molecule has 1 unspecified atom stereocenters. The second-order valence-corrected chi connectivity index (χ2v) is 5.92. The predicted molar refractivity (Wildman–Crippen MR) is 80.0 cm³/mol. The van der Waals surface area contributed by atoms with Gasteiger partial charge in [0.05, 0.1) is 0 Å². The van der Waals surface area contributed by atoms with E-state index >= 15 is 0 Å². The largest absolute Gasteiger partial charge is 0.295 e. The fraction of sp³-hybridized carbons (Fsp3) is 0.600. The van der Waals surface area contributed by atoms with Gasteiger partial charge in [-0.3, -0.25) is 9.59 Å². The molecule has 0 aromatic carbocycles. The van der Waals surface area contributed by atoms with Crippen LogP contribution in [0.3, 0.4) is 0 Å². The molecule has 0 radical (unpaired) electrons. The molecule has 18 heavy (non-hydrogen) atoms. The van der Waals surface area contributed by atoms with Crippen LogP contribution in [-0.4, -0.2) is 17.3 Å². The highest BCUT2D eigenvalue weighted by Crippen LogP contribution is 2.40. The van der Waals surface area contributed by atoms with Crippen molar-refractivity contribution in [1.29, 1.82) is 0 Å². The first-order valence-corrected chi connectivity index (χ1v) is 6.88. The van der Waals surface area contributed by atoms with Crippen molar-refractivity contribution in [2.24, 2.45) is 11.3 Å². The third-order valence-corrected chi connectivity index (χ3v) is 2.87. The van der Waals surface area contributed by atoms with E-state index in [0.29, 0.717) is 6.42 Å². The zero-order chi connectivity index (χ0) is 14.3. The molecule has 0 aromatic rings. The van der Waals surface area contributed by atoms with Gasteiger partial charge in [-0.15, -0.1) is 0 Å². The van der Waals surface area contributed by atoms with E-state index in [2.05, 4.69) is 26.5 Å². The smallest absolute Gasteiger partial charge is 0.156 e. The maximum Gasteiger partial charge on any atom is 0.156 e. The summed E-state index contributed by atoms with van der Waals surface area (Å²) in [5.74, 6) is 1.37. The van der Waals surface area contributed by atoms with Gasteiger partial charge in [0.25, 0.3) is 0 Å². The van der Waals surface area contributed by atoms with Gasteiger partial charge in [0.1, 0.15) is 0 Å². The van der Waals surface area contributed by atoms with E-state index in [9.17, 15) is 9.59 Å². The molecule has 0 heterocycles. The summed E-state index contributed by atoms with van der Waals surface area (Å²) in [7, 11) is 0. The van der Waals surface area contributed by atoms with Crippen molar-refractivity contribution in [2.75, 3.05) is 5.75 Å². The lowest BCUT2D eigenvalue weighted by Crippen LogP contribution is -2.30. The maximum atomic E-state index is 11.4. The fourth-order valence-corrected chi connectivity index (χ4v) is 2.21. The number of rotatable bonds is 2. The summed E-state index contributed by atoms with van der Waals surface area (Å²) in [5, 5.41) is 0. The van der Waals surface area contributed by atoms with Gasteiger partial charge in [0, 0.05) is 12.3 Å². The molecule has 0 spiro atoms. The molecule has 0 bridgehead atoms. The average Bonchev–Trinajstić information content (AvgIpc) is 2.14. The first-order valence-electron chi connectivity index (χ1n) is 6.25. The lowest BCUT2D eigenvalue weighted by Gasteiger charge is -2.35. The van der Waals surface area contributed by atoms with E-state index in [1.54, 1.807) is 12.2 Å². The van der Waals surface area contributed by atoms with Gasteiger partial charge in [-0.05, 0) is 37.2 Å². The molecule has 3 heteroatoms.